The van der Waals surface area contributed by atoms with E-state index in [-0.39, 0.29) is 56.9 Å². The predicted octanol–water partition coefficient (Wildman–Crippen LogP) is 2.92. The summed E-state index contributed by atoms with van der Waals surface area (Å²) in [6.07, 6.45) is -0.937. The van der Waals surface area contributed by atoms with E-state index in [1.165, 1.54) is 6.07 Å². The Labute approximate surface area is 202 Å². The van der Waals surface area contributed by atoms with Gasteiger partial charge in [-0.05, 0) is 42.2 Å². The molecule has 0 saturated carbocycles. The minimum absolute atomic E-state index is 0.114. The third-order valence-electron chi connectivity index (χ3n) is 6.38. The van der Waals surface area contributed by atoms with Crippen molar-refractivity contribution >= 4 is 5.91 Å². The molecule has 1 amide bonds. The van der Waals surface area contributed by atoms with Crippen LogP contribution in [0, 0.1) is 0 Å². The van der Waals surface area contributed by atoms with Gasteiger partial charge in [0.15, 0.2) is 0 Å². The maximum absolute atomic E-state index is 13.2. The summed E-state index contributed by atoms with van der Waals surface area (Å²) in [4.78, 5) is 18.4. The van der Waals surface area contributed by atoms with E-state index in [1.54, 1.807) is 18.5 Å². The van der Waals surface area contributed by atoms with Crippen LogP contribution < -0.4 is 5.32 Å². The minimum atomic E-state index is -4.42. The van der Waals surface area contributed by atoms with Crippen LogP contribution in [-0.4, -0.2) is 65.0 Å². The second-order valence-corrected chi connectivity index (χ2v) is 9.10. The summed E-state index contributed by atoms with van der Waals surface area (Å²) < 4.78 is 51.4. The zero-order chi connectivity index (χ0) is 24.8. The Balaban J connectivity index is 1.38. The second kappa shape index (κ2) is 11.5. The number of benzene rings is 1. The zero-order valence-electron chi connectivity index (χ0n) is 19.3. The van der Waals surface area contributed by atoms with E-state index >= 15 is 0 Å². The molecule has 2 N–H and O–H groups in total. The molecule has 2 aliphatic heterocycles. The number of nitrogens with zero attached hydrogens (tertiary/aromatic N) is 2. The van der Waals surface area contributed by atoms with Crippen molar-refractivity contribution in [2.45, 2.75) is 62.9 Å². The lowest BCUT2D eigenvalue weighted by atomic mass is 9.94. The first-order chi connectivity index (χ1) is 16.8. The highest BCUT2D eigenvalue weighted by Crippen LogP contribution is 2.32. The van der Waals surface area contributed by atoms with Crippen molar-refractivity contribution in [3.8, 4) is 0 Å². The second-order valence-electron chi connectivity index (χ2n) is 9.10. The molecule has 2 saturated heterocycles. The number of hydrogen-bond donors (Lipinski definition) is 2. The van der Waals surface area contributed by atoms with Gasteiger partial charge in [-0.25, -0.2) is 0 Å². The molecular formula is C25H30F3N3O4. The summed E-state index contributed by atoms with van der Waals surface area (Å²) in [6.45, 7) is 1.28. The summed E-state index contributed by atoms with van der Waals surface area (Å²) in [5, 5.41) is 13.2. The van der Waals surface area contributed by atoms with E-state index in [2.05, 4.69) is 10.3 Å². The lowest BCUT2D eigenvalue weighted by molar-refractivity contribution is -0.158. The number of aromatic nitrogens is 1. The van der Waals surface area contributed by atoms with Gasteiger partial charge in [0.25, 0.3) is 0 Å². The quantitative estimate of drug-likeness (QED) is 0.644. The van der Waals surface area contributed by atoms with Crippen molar-refractivity contribution in [3.05, 3.63) is 65.5 Å². The van der Waals surface area contributed by atoms with Gasteiger partial charge < -0.3 is 19.9 Å². The summed E-state index contributed by atoms with van der Waals surface area (Å²) in [5.41, 5.74) is 0.778. The van der Waals surface area contributed by atoms with Crippen LogP contribution >= 0.6 is 0 Å². The normalized spacial score (nSPS) is 25.8. The maximum Gasteiger partial charge on any atom is 0.416 e. The van der Waals surface area contributed by atoms with Gasteiger partial charge in [-0.1, -0.05) is 18.2 Å². The predicted molar refractivity (Wildman–Crippen MR) is 121 cm³/mol. The van der Waals surface area contributed by atoms with Crippen LogP contribution in [0.2, 0.25) is 0 Å². The standard InChI is InChI=1S/C25H30F3N3O4/c26-25(27,28)19-3-1-2-18(10-19)13-31-14-20(32)15-34-16-23-22(31)5-4-21(35-23)11-24(33)30-12-17-6-8-29-9-7-17/h1-3,6-10,20-23,32H,4-5,11-16H2,(H,30,33)/t20-,21+,22-,23+/m1/s1. The number of ether oxygens (including phenoxy) is 2. The van der Waals surface area contributed by atoms with Gasteiger partial charge >= 0.3 is 6.18 Å². The molecule has 1 aromatic heterocycles. The lowest BCUT2D eigenvalue weighted by Gasteiger charge is -2.44. The largest absolute Gasteiger partial charge is 0.416 e. The van der Waals surface area contributed by atoms with E-state index in [9.17, 15) is 23.1 Å². The number of aliphatic hydroxyl groups excluding tert-OH is 1. The summed E-state index contributed by atoms with van der Waals surface area (Å²) >= 11 is 0. The van der Waals surface area contributed by atoms with Crippen molar-refractivity contribution in [3.63, 3.8) is 0 Å². The fourth-order valence-electron chi connectivity index (χ4n) is 4.69. The van der Waals surface area contributed by atoms with Gasteiger partial charge in [0, 0.05) is 38.1 Å². The Morgan fingerprint density at radius 2 is 1.94 bits per heavy atom. The van der Waals surface area contributed by atoms with Crippen LogP contribution in [0.15, 0.2) is 48.8 Å². The Morgan fingerprint density at radius 1 is 1.14 bits per heavy atom. The number of β-amino-alcohol motifs (C(OH)–C–C–N with tert-alkyl or cyclic N) is 1. The van der Waals surface area contributed by atoms with Crippen molar-refractivity contribution in [2.24, 2.45) is 0 Å². The third kappa shape index (κ3) is 7.23. The van der Waals surface area contributed by atoms with Crippen LogP contribution in [0.25, 0.3) is 0 Å². The van der Waals surface area contributed by atoms with E-state index < -0.39 is 17.8 Å². The molecule has 4 rings (SSSR count). The number of nitrogens with one attached hydrogen (secondary N) is 1. The monoisotopic (exact) mass is 493 g/mol. The van der Waals surface area contributed by atoms with Gasteiger partial charge in [0.2, 0.25) is 5.91 Å². The van der Waals surface area contributed by atoms with Crippen LogP contribution in [0.3, 0.4) is 0 Å². The van der Waals surface area contributed by atoms with Crippen molar-refractivity contribution in [1.82, 2.24) is 15.2 Å². The van der Waals surface area contributed by atoms with Gasteiger partial charge in [-0.3, -0.25) is 14.7 Å². The van der Waals surface area contributed by atoms with E-state index in [0.29, 0.717) is 24.9 Å². The highest BCUT2D eigenvalue weighted by atomic mass is 19.4. The number of aliphatic hydroxyl groups is 1. The van der Waals surface area contributed by atoms with Gasteiger partial charge in [-0.15, -0.1) is 0 Å². The molecule has 2 aromatic rings. The summed E-state index contributed by atoms with van der Waals surface area (Å²) in [6, 6.07) is 8.79. The maximum atomic E-state index is 13.2. The first-order valence-corrected chi connectivity index (χ1v) is 11.7. The van der Waals surface area contributed by atoms with Crippen LogP contribution in [-0.2, 0) is 33.5 Å². The topological polar surface area (TPSA) is 83.9 Å². The number of carbonyl (C=O) groups is 1. The number of halogens is 3. The minimum Gasteiger partial charge on any atom is -0.389 e. The molecule has 0 radical (unpaired) electrons. The summed E-state index contributed by atoms with van der Waals surface area (Å²) in [7, 11) is 0. The van der Waals surface area contributed by atoms with Gasteiger partial charge in [0.1, 0.15) is 0 Å². The first-order valence-electron chi connectivity index (χ1n) is 11.7. The SMILES string of the molecule is O=C(C[C@@H]1CC[C@@H]2[C@H](COC[C@H](O)CN2Cc2cccc(C(F)(F)F)c2)O1)NCc1ccncc1. The molecule has 3 heterocycles. The molecule has 35 heavy (non-hydrogen) atoms. The average Bonchev–Trinajstić information content (AvgIpc) is 2.82. The Hall–Kier alpha value is -2.53. The van der Waals surface area contributed by atoms with Crippen LogP contribution in [0.4, 0.5) is 13.2 Å². The van der Waals surface area contributed by atoms with E-state index in [4.69, 9.17) is 9.47 Å². The highest BCUT2D eigenvalue weighted by molar-refractivity contribution is 5.76. The van der Waals surface area contributed by atoms with Gasteiger partial charge in [-0.2, -0.15) is 13.2 Å². The molecule has 0 bridgehead atoms. The Bertz CT molecular complexity index is 976. The molecule has 2 fully saturated rings. The number of fused-ring (bicyclic) bond motifs is 1. The smallest absolute Gasteiger partial charge is 0.389 e. The number of hydrogen-bond acceptors (Lipinski definition) is 6. The molecular weight excluding hydrogens is 463 g/mol. The van der Waals surface area contributed by atoms with Crippen molar-refractivity contribution < 1.29 is 32.5 Å². The molecule has 10 heteroatoms. The number of alkyl halides is 3. The Morgan fingerprint density at radius 3 is 2.71 bits per heavy atom. The van der Waals surface area contributed by atoms with Gasteiger partial charge in [0.05, 0.1) is 43.5 Å². The molecule has 0 aliphatic carbocycles. The average molecular weight is 494 g/mol. The molecule has 4 atom stereocenters. The van der Waals surface area contributed by atoms with E-state index in [1.807, 2.05) is 17.0 Å². The van der Waals surface area contributed by atoms with Crippen LogP contribution in [0.5, 0.6) is 0 Å². The molecule has 2 aliphatic rings. The molecule has 0 unspecified atom stereocenters. The van der Waals surface area contributed by atoms with Crippen molar-refractivity contribution in [1.29, 1.82) is 0 Å². The van der Waals surface area contributed by atoms with Crippen molar-refractivity contribution in [2.75, 3.05) is 19.8 Å². The third-order valence-corrected chi connectivity index (χ3v) is 6.38. The molecule has 1 aromatic carbocycles. The lowest BCUT2D eigenvalue weighted by Crippen LogP contribution is -2.55. The number of carbonyl (C=O) groups excluding carboxylic acids is 1. The fraction of sp³-hybridized carbons (Fsp3) is 0.520. The highest BCUT2D eigenvalue weighted by Gasteiger charge is 2.38. The summed E-state index contributed by atoms with van der Waals surface area (Å²) in [5.74, 6) is -0.117. The van der Waals surface area contributed by atoms with E-state index in [0.717, 1.165) is 17.7 Å². The molecule has 0 spiro atoms. The number of rotatable bonds is 6. The Kier molecular flexibility index (Phi) is 8.38. The number of pyridine rings is 1. The zero-order valence-corrected chi connectivity index (χ0v) is 19.3. The first kappa shape index (κ1) is 25.6. The molecule has 7 nitrogen and oxygen atoms in total. The van der Waals surface area contributed by atoms with Crippen LogP contribution in [0.1, 0.15) is 36.0 Å². The fourth-order valence-corrected chi connectivity index (χ4v) is 4.69. The number of amides is 1. The molecule has 190 valence electrons.